The summed E-state index contributed by atoms with van der Waals surface area (Å²) in [7, 11) is 1.26. The van der Waals surface area contributed by atoms with Crippen molar-refractivity contribution >= 4 is 35.0 Å². The highest BCUT2D eigenvalue weighted by Gasteiger charge is 2.22. The van der Waals surface area contributed by atoms with Crippen LogP contribution in [-0.4, -0.2) is 25.7 Å². The first-order valence-corrected chi connectivity index (χ1v) is 7.71. The molecule has 25 heavy (non-hydrogen) atoms. The molecule has 0 saturated carbocycles. The molecule has 0 saturated heterocycles. The highest BCUT2D eigenvalue weighted by Crippen LogP contribution is 2.41. The Balaban J connectivity index is 2.40. The molecule has 132 valence electrons. The van der Waals surface area contributed by atoms with E-state index in [2.05, 4.69) is 10.6 Å². The molecule has 2 aromatic rings. The minimum Gasteiger partial charge on any atom is -0.492 e. The van der Waals surface area contributed by atoms with E-state index in [4.69, 9.17) is 21.1 Å². The largest absolute Gasteiger partial charge is 0.492 e. The molecule has 0 spiro atoms. The van der Waals surface area contributed by atoms with Crippen LogP contribution in [0.2, 0.25) is 5.02 Å². The Morgan fingerprint density at radius 2 is 1.84 bits per heavy atom. The fourth-order valence-electron chi connectivity index (χ4n) is 2.08. The zero-order valence-corrected chi connectivity index (χ0v) is 14.3. The topological polar surface area (TPSA) is 76.7 Å². The van der Waals surface area contributed by atoms with Crippen LogP contribution in [0.1, 0.15) is 17.3 Å². The maximum Gasteiger partial charge on any atom is 0.411 e. The summed E-state index contributed by atoms with van der Waals surface area (Å²) in [4.78, 5) is 23.9. The van der Waals surface area contributed by atoms with Crippen LogP contribution in [0.25, 0.3) is 0 Å². The summed E-state index contributed by atoms with van der Waals surface area (Å²) in [6, 6.07) is 9.35. The van der Waals surface area contributed by atoms with Gasteiger partial charge >= 0.3 is 6.09 Å². The van der Waals surface area contributed by atoms with E-state index in [9.17, 15) is 14.0 Å². The van der Waals surface area contributed by atoms with Gasteiger partial charge in [0, 0.05) is 5.56 Å². The summed E-state index contributed by atoms with van der Waals surface area (Å²) < 4.78 is 24.1. The molecule has 0 heterocycles. The molecule has 0 atom stereocenters. The van der Waals surface area contributed by atoms with E-state index in [-0.39, 0.29) is 28.8 Å². The Morgan fingerprint density at radius 1 is 1.16 bits per heavy atom. The molecule has 0 aliphatic rings. The number of anilines is 2. The van der Waals surface area contributed by atoms with Crippen LogP contribution in [0.4, 0.5) is 20.6 Å². The summed E-state index contributed by atoms with van der Waals surface area (Å²) in [5.41, 5.74) is 0.129. The third kappa shape index (κ3) is 4.39. The van der Waals surface area contributed by atoms with Gasteiger partial charge in [-0.3, -0.25) is 10.1 Å². The van der Waals surface area contributed by atoms with Gasteiger partial charge in [-0.1, -0.05) is 29.8 Å². The number of carbonyl (C=O) groups is 2. The van der Waals surface area contributed by atoms with Crippen LogP contribution < -0.4 is 15.4 Å². The number of amides is 2. The van der Waals surface area contributed by atoms with E-state index >= 15 is 0 Å². The summed E-state index contributed by atoms with van der Waals surface area (Å²) in [6.07, 6.45) is -0.859. The zero-order valence-electron chi connectivity index (χ0n) is 13.6. The SMILES string of the molecule is CCOC(=O)Nc1c(F)cc(Cl)c(NC(=O)c2ccccc2)c1OC. The van der Waals surface area contributed by atoms with Crippen molar-refractivity contribution < 1.29 is 23.5 Å². The standard InChI is InChI=1S/C17H16ClFN2O4/c1-3-25-17(23)21-14-12(19)9-11(18)13(15(14)24-2)20-16(22)10-7-5-4-6-8-10/h4-9H,3H2,1-2H3,(H,20,22)(H,21,23). The number of carbonyl (C=O) groups excluding carboxylic acids is 2. The average molecular weight is 367 g/mol. The maximum atomic E-state index is 14.2. The second-order valence-corrected chi connectivity index (χ2v) is 5.20. The van der Waals surface area contributed by atoms with Gasteiger partial charge in [0.15, 0.2) is 11.6 Å². The summed E-state index contributed by atoms with van der Waals surface area (Å²) in [5, 5.41) is 4.73. The van der Waals surface area contributed by atoms with Crippen LogP contribution in [0.15, 0.2) is 36.4 Å². The lowest BCUT2D eigenvalue weighted by Gasteiger charge is -2.17. The van der Waals surface area contributed by atoms with Gasteiger partial charge < -0.3 is 14.8 Å². The van der Waals surface area contributed by atoms with Crippen LogP contribution in [0.5, 0.6) is 5.75 Å². The minimum absolute atomic E-state index is 0.0335. The van der Waals surface area contributed by atoms with E-state index in [1.165, 1.54) is 7.11 Å². The molecular weight excluding hydrogens is 351 g/mol. The maximum absolute atomic E-state index is 14.2. The lowest BCUT2D eigenvalue weighted by molar-refractivity contribution is 0.102. The molecular formula is C17H16ClFN2O4. The third-order valence-electron chi connectivity index (χ3n) is 3.17. The number of benzene rings is 2. The number of hydrogen-bond donors (Lipinski definition) is 2. The van der Waals surface area contributed by atoms with Gasteiger partial charge in [0.25, 0.3) is 5.91 Å². The van der Waals surface area contributed by atoms with E-state index < -0.39 is 17.8 Å². The fourth-order valence-corrected chi connectivity index (χ4v) is 2.31. The molecule has 0 unspecified atom stereocenters. The van der Waals surface area contributed by atoms with E-state index in [1.54, 1.807) is 37.3 Å². The first kappa shape index (κ1) is 18.5. The van der Waals surface area contributed by atoms with Gasteiger partial charge in [-0.25, -0.2) is 9.18 Å². The Hall–Kier alpha value is -2.80. The molecule has 0 aliphatic heterocycles. The molecule has 0 radical (unpaired) electrons. The van der Waals surface area contributed by atoms with Crippen LogP contribution in [-0.2, 0) is 4.74 Å². The Kier molecular flexibility index (Phi) is 6.19. The minimum atomic E-state index is -0.859. The molecule has 0 aliphatic carbocycles. The summed E-state index contributed by atoms with van der Waals surface area (Å²) in [5.74, 6) is -1.41. The van der Waals surface area contributed by atoms with Crippen molar-refractivity contribution in [2.45, 2.75) is 6.92 Å². The zero-order chi connectivity index (χ0) is 18.4. The van der Waals surface area contributed by atoms with Crippen molar-refractivity contribution in [1.29, 1.82) is 0 Å². The van der Waals surface area contributed by atoms with Gasteiger partial charge in [-0.15, -0.1) is 0 Å². The Morgan fingerprint density at radius 3 is 2.44 bits per heavy atom. The Labute approximate surface area is 148 Å². The third-order valence-corrected chi connectivity index (χ3v) is 3.46. The highest BCUT2D eigenvalue weighted by molar-refractivity contribution is 6.34. The molecule has 2 amide bonds. The predicted molar refractivity (Wildman–Crippen MR) is 93.0 cm³/mol. The van der Waals surface area contributed by atoms with Crippen molar-refractivity contribution in [3.8, 4) is 5.75 Å². The molecule has 8 heteroatoms. The van der Waals surface area contributed by atoms with Crippen molar-refractivity contribution in [3.63, 3.8) is 0 Å². The summed E-state index contributed by atoms with van der Waals surface area (Å²) in [6.45, 7) is 1.72. The Bertz CT molecular complexity index is 784. The lowest BCUT2D eigenvalue weighted by Crippen LogP contribution is -2.17. The smallest absolute Gasteiger partial charge is 0.411 e. The normalized spacial score (nSPS) is 10.1. The molecule has 2 aromatic carbocycles. The van der Waals surface area contributed by atoms with Crippen molar-refractivity contribution in [2.24, 2.45) is 0 Å². The molecule has 0 fully saturated rings. The number of ether oxygens (including phenoxy) is 2. The van der Waals surface area contributed by atoms with E-state index in [0.29, 0.717) is 5.56 Å². The first-order chi connectivity index (χ1) is 12.0. The number of methoxy groups -OCH3 is 1. The number of rotatable bonds is 5. The van der Waals surface area contributed by atoms with Crippen LogP contribution in [0, 0.1) is 5.82 Å². The van der Waals surface area contributed by atoms with Gasteiger partial charge in [0.05, 0.1) is 18.7 Å². The van der Waals surface area contributed by atoms with Gasteiger partial charge in [0.2, 0.25) is 0 Å². The van der Waals surface area contributed by atoms with Gasteiger partial charge in [0.1, 0.15) is 11.4 Å². The molecule has 0 bridgehead atoms. The quantitative estimate of drug-likeness (QED) is 0.826. The molecule has 0 aromatic heterocycles. The van der Waals surface area contributed by atoms with Crippen molar-refractivity contribution in [1.82, 2.24) is 0 Å². The molecule has 2 N–H and O–H groups in total. The highest BCUT2D eigenvalue weighted by atomic mass is 35.5. The van der Waals surface area contributed by atoms with Gasteiger partial charge in [-0.05, 0) is 25.1 Å². The average Bonchev–Trinajstić information content (AvgIpc) is 2.60. The second-order valence-electron chi connectivity index (χ2n) is 4.79. The molecule has 6 nitrogen and oxygen atoms in total. The second kappa shape index (κ2) is 8.34. The number of nitrogens with one attached hydrogen (secondary N) is 2. The predicted octanol–water partition coefficient (Wildman–Crippen LogP) is 4.31. The molecule has 2 rings (SSSR count). The van der Waals surface area contributed by atoms with E-state index in [0.717, 1.165) is 6.07 Å². The lowest BCUT2D eigenvalue weighted by atomic mass is 10.2. The van der Waals surface area contributed by atoms with Crippen LogP contribution >= 0.6 is 11.6 Å². The summed E-state index contributed by atoms with van der Waals surface area (Å²) >= 11 is 6.04. The van der Waals surface area contributed by atoms with E-state index in [1.807, 2.05) is 0 Å². The van der Waals surface area contributed by atoms with Crippen molar-refractivity contribution in [3.05, 3.63) is 52.8 Å². The number of hydrogen-bond acceptors (Lipinski definition) is 4. The van der Waals surface area contributed by atoms with Crippen molar-refractivity contribution in [2.75, 3.05) is 24.4 Å². The fraction of sp³-hybridized carbons (Fsp3) is 0.176. The van der Waals surface area contributed by atoms with Gasteiger partial charge in [-0.2, -0.15) is 0 Å². The number of halogens is 2. The first-order valence-electron chi connectivity index (χ1n) is 7.34. The van der Waals surface area contributed by atoms with Crippen LogP contribution in [0.3, 0.4) is 0 Å². The monoisotopic (exact) mass is 366 g/mol.